The molecule has 0 saturated carbocycles. The van der Waals surface area contributed by atoms with Crippen LogP contribution in [0.1, 0.15) is 44.6 Å². The van der Waals surface area contributed by atoms with E-state index >= 15 is 0 Å². The first-order valence-electron chi connectivity index (χ1n) is 7.06. The van der Waals surface area contributed by atoms with Crippen molar-refractivity contribution in [3.05, 3.63) is 35.9 Å². The second-order valence-corrected chi connectivity index (χ2v) is 5.40. The molecule has 1 aromatic rings. The number of amides is 1. The zero-order valence-corrected chi connectivity index (χ0v) is 11.4. The molecule has 0 unspecified atom stereocenters. The van der Waals surface area contributed by atoms with Gasteiger partial charge in [0.15, 0.2) is 0 Å². The highest BCUT2D eigenvalue weighted by Crippen LogP contribution is 2.25. The number of benzene rings is 1. The molecule has 2 nitrogen and oxygen atoms in total. The Balaban J connectivity index is 2.10. The molecule has 2 atom stereocenters. The lowest BCUT2D eigenvalue weighted by Gasteiger charge is -2.33. The zero-order valence-electron chi connectivity index (χ0n) is 11.4. The Morgan fingerprint density at radius 2 is 2.11 bits per heavy atom. The van der Waals surface area contributed by atoms with Gasteiger partial charge in [0.2, 0.25) is 5.91 Å². The van der Waals surface area contributed by atoms with Crippen LogP contribution in [0.15, 0.2) is 30.3 Å². The summed E-state index contributed by atoms with van der Waals surface area (Å²) in [7, 11) is 0. The van der Waals surface area contributed by atoms with E-state index < -0.39 is 0 Å². The lowest BCUT2D eigenvalue weighted by atomic mass is 9.92. The summed E-state index contributed by atoms with van der Waals surface area (Å²) in [6.07, 6.45) is 3.29. The van der Waals surface area contributed by atoms with Crippen molar-refractivity contribution in [2.45, 2.75) is 39.0 Å². The van der Waals surface area contributed by atoms with Crippen LogP contribution < -0.4 is 0 Å². The third-order valence-electron chi connectivity index (χ3n) is 3.88. The molecule has 1 aromatic carbocycles. The van der Waals surface area contributed by atoms with Crippen molar-refractivity contribution in [3.8, 4) is 0 Å². The minimum Gasteiger partial charge on any atom is -0.342 e. The summed E-state index contributed by atoms with van der Waals surface area (Å²) >= 11 is 0. The van der Waals surface area contributed by atoms with Crippen LogP contribution in [0.4, 0.5) is 0 Å². The van der Waals surface area contributed by atoms with Crippen LogP contribution >= 0.6 is 0 Å². The van der Waals surface area contributed by atoms with Crippen molar-refractivity contribution in [2.75, 3.05) is 13.1 Å². The summed E-state index contributed by atoms with van der Waals surface area (Å²) < 4.78 is 0. The number of likely N-dealkylation sites (tertiary alicyclic amines) is 1. The number of carbonyl (C=O) groups excluding carboxylic acids is 1. The smallest absolute Gasteiger partial charge is 0.230 e. The van der Waals surface area contributed by atoms with Gasteiger partial charge in [0.05, 0.1) is 5.92 Å². The molecule has 0 N–H and O–H groups in total. The average Bonchev–Trinajstić information content (AvgIpc) is 2.41. The Morgan fingerprint density at radius 3 is 2.72 bits per heavy atom. The van der Waals surface area contributed by atoms with Gasteiger partial charge in [-0.3, -0.25) is 4.79 Å². The van der Waals surface area contributed by atoms with Gasteiger partial charge in [-0.25, -0.2) is 0 Å². The summed E-state index contributed by atoms with van der Waals surface area (Å²) in [5.41, 5.74) is 1.16. The molecule has 18 heavy (non-hydrogen) atoms. The fourth-order valence-electron chi connectivity index (χ4n) is 2.85. The highest BCUT2D eigenvalue weighted by Gasteiger charge is 2.27. The Morgan fingerprint density at radius 1 is 1.39 bits per heavy atom. The van der Waals surface area contributed by atoms with Crippen molar-refractivity contribution in [1.29, 1.82) is 0 Å². The highest BCUT2D eigenvalue weighted by molar-refractivity contribution is 5.83. The van der Waals surface area contributed by atoms with Gasteiger partial charge < -0.3 is 4.90 Å². The largest absolute Gasteiger partial charge is 0.342 e. The average molecular weight is 245 g/mol. The Labute approximate surface area is 110 Å². The van der Waals surface area contributed by atoms with E-state index in [1.807, 2.05) is 18.2 Å². The minimum atomic E-state index is 0.0384. The first kappa shape index (κ1) is 13.1. The molecule has 1 amide bonds. The van der Waals surface area contributed by atoms with Crippen molar-refractivity contribution < 1.29 is 4.79 Å². The van der Waals surface area contributed by atoms with Gasteiger partial charge in [-0.2, -0.15) is 0 Å². The molecule has 1 fully saturated rings. The fourth-order valence-corrected chi connectivity index (χ4v) is 2.85. The third kappa shape index (κ3) is 2.92. The normalized spacial score (nSPS) is 21.7. The molecule has 0 spiro atoms. The van der Waals surface area contributed by atoms with Gasteiger partial charge in [-0.1, -0.05) is 44.2 Å². The van der Waals surface area contributed by atoms with Gasteiger partial charge in [-0.05, 0) is 30.7 Å². The van der Waals surface area contributed by atoms with Crippen LogP contribution in [-0.2, 0) is 4.79 Å². The molecule has 2 rings (SSSR count). The first-order chi connectivity index (χ1) is 8.72. The van der Waals surface area contributed by atoms with Crippen molar-refractivity contribution in [1.82, 2.24) is 4.90 Å². The van der Waals surface area contributed by atoms with E-state index in [0.717, 1.165) is 31.5 Å². The molecule has 1 aliphatic heterocycles. The number of carbonyl (C=O) groups is 1. The topological polar surface area (TPSA) is 20.3 Å². The molecule has 1 heterocycles. The van der Waals surface area contributed by atoms with Crippen LogP contribution in [-0.4, -0.2) is 23.9 Å². The van der Waals surface area contributed by atoms with Crippen LogP contribution in [0, 0.1) is 5.92 Å². The summed E-state index contributed by atoms with van der Waals surface area (Å²) in [5, 5.41) is 0. The third-order valence-corrected chi connectivity index (χ3v) is 3.88. The van der Waals surface area contributed by atoms with Gasteiger partial charge in [0.1, 0.15) is 0 Å². The van der Waals surface area contributed by atoms with E-state index in [4.69, 9.17) is 0 Å². The van der Waals surface area contributed by atoms with Crippen LogP contribution in [0.2, 0.25) is 0 Å². The molecule has 1 saturated heterocycles. The van der Waals surface area contributed by atoms with Gasteiger partial charge in [-0.15, -0.1) is 0 Å². The van der Waals surface area contributed by atoms with E-state index in [1.54, 1.807) is 0 Å². The molecule has 1 aliphatic rings. The fraction of sp³-hybridized carbons (Fsp3) is 0.562. The number of hydrogen-bond donors (Lipinski definition) is 0. The Kier molecular flexibility index (Phi) is 4.40. The number of piperidine rings is 1. The highest BCUT2D eigenvalue weighted by atomic mass is 16.2. The maximum absolute atomic E-state index is 12.6. The van der Waals surface area contributed by atoms with Crippen molar-refractivity contribution >= 4 is 5.91 Å². The molecular formula is C16H23NO. The second-order valence-electron chi connectivity index (χ2n) is 5.40. The number of nitrogens with zero attached hydrogens (tertiary/aromatic N) is 1. The number of hydrogen-bond acceptors (Lipinski definition) is 1. The molecule has 0 radical (unpaired) electrons. The predicted octanol–water partition coefficient (Wildman–Crippen LogP) is 3.44. The van der Waals surface area contributed by atoms with E-state index in [9.17, 15) is 4.79 Å². The monoisotopic (exact) mass is 245 g/mol. The van der Waals surface area contributed by atoms with Gasteiger partial charge in [0, 0.05) is 13.1 Å². The van der Waals surface area contributed by atoms with E-state index in [-0.39, 0.29) is 5.92 Å². The molecule has 0 aliphatic carbocycles. The molecule has 98 valence electrons. The van der Waals surface area contributed by atoms with E-state index in [0.29, 0.717) is 11.8 Å². The van der Waals surface area contributed by atoms with Crippen LogP contribution in [0.3, 0.4) is 0 Å². The predicted molar refractivity (Wildman–Crippen MR) is 74.5 cm³/mol. The van der Waals surface area contributed by atoms with Crippen molar-refractivity contribution in [3.63, 3.8) is 0 Å². The van der Waals surface area contributed by atoms with E-state index in [1.165, 1.54) is 6.42 Å². The molecule has 0 bridgehead atoms. The van der Waals surface area contributed by atoms with Gasteiger partial charge >= 0.3 is 0 Å². The summed E-state index contributed by atoms with van der Waals surface area (Å²) in [6, 6.07) is 10.2. The first-order valence-corrected chi connectivity index (χ1v) is 7.06. The quantitative estimate of drug-likeness (QED) is 0.799. The Hall–Kier alpha value is -1.31. The number of rotatable bonds is 3. The summed E-state index contributed by atoms with van der Waals surface area (Å²) in [6.45, 7) is 6.21. The van der Waals surface area contributed by atoms with Crippen LogP contribution in [0.25, 0.3) is 0 Å². The lowest BCUT2D eigenvalue weighted by Crippen LogP contribution is -2.41. The minimum absolute atomic E-state index is 0.0384. The molecule has 0 aromatic heterocycles. The lowest BCUT2D eigenvalue weighted by molar-refractivity contribution is -0.134. The van der Waals surface area contributed by atoms with E-state index in [2.05, 4.69) is 30.9 Å². The maximum atomic E-state index is 12.6. The molecule has 2 heteroatoms. The second kappa shape index (κ2) is 6.03. The summed E-state index contributed by atoms with van der Waals surface area (Å²) in [5.74, 6) is 1.00. The maximum Gasteiger partial charge on any atom is 0.230 e. The van der Waals surface area contributed by atoms with Crippen LogP contribution in [0.5, 0.6) is 0 Å². The van der Waals surface area contributed by atoms with Gasteiger partial charge in [0.25, 0.3) is 0 Å². The molecular weight excluding hydrogens is 222 g/mol. The summed E-state index contributed by atoms with van der Waals surface area (Å²) in [4.78, 5) is 14.7. The Bertz CT molecular complexity index is 387. The SMILES string of the molecule is CC[C@@H](C(=O)N1CCC[C@@H](C)C1)c1ccccc1. The standard InChI is InChI=1S/C16H23NO/c1-3-15(14-9-5-4-6-10-14)16(18)17-11-7-8-13(2)12-17/h4-6,9-10,13,15H,3,7-8,11-12H2,1-2H3/t13-,15-/m1/s1. The zero-order chi connectivity index (χ0) is 13.0. The van der Waals surface area contributed by atoms with Crippen molar-refractivity contribution in [2.24, 2.45) is 5.92 Å².